The van der Waals surface area contributed by atoms with Crippen LogP contribution in [0.1, 0.15) is 17.3 Å². The van der Waals surface area contributed by atoms with Gasteiger partial charge in [0.2, 0.25) is 0 Å². The lowest BCUT2D eigenvalue weighted by molar-refractivity contribution is -0.0949. The van der Waals surface area contributed by atoms with Gasteiger partial charge in [-0.1, -0.05) is 12.1 Å². The number of amides is 1. The number of rotatable bonds is 2. The van der Waals surface area contributed by atoms with Crippen molar-refractivity contribution in [1.82, 2.24) is 5.32 Å². The van der Waals surface area contributed by atoms with E-state index >= 15 is 0 Å². The fourth-order valence-corrected chi connectivity index (χ4v) is 1.31. The van der Waals surface area contributed by atoms with Crippen LogP contribution in [0.5, 0.6) is 5.75 Å². The topological polar surface area (TPSA) is 47.6 Å². The predicted molar refractivity (Wildman–Crippen MR) is 50.0 cm³/mol. The van der Waals surface area contributed by atoms with Gasteiger partial charge in [-0.05, 0) is 19.1 Å². The molecule has 0 fully saturated rings. The second kappa shape index (κ2) is 3.67. The van der Waals surface area contributed by atoms with Gasteiger partial charge in [0.15, 0.2) is 0 Å². The Labute approximate surface area is 81.8 Å². The van der Waals surface area contributed by atoms with E-state index in [1.807, 2.05) is 13.0 Å². The van der Waals surface area contributed by atoms with Crippen LogP contribution in [0.25, 0.3) is 0 Å². The number of carbonyl (C=O) groups excluding carboxylic acids is 1. The lowest BCUT2D eigenvalue weighted by atomic mass is 10.2. The number of fused-ring (bicyclic) bond motifs is 1. The van der Waals surface area contributed by atoms with Crippen molar-refractivity contribution in [3.05, 3.63) is 29.8 Å². The molecule has 14 heavy (non-hydrogen) atoms. The van der Waals surface area contributed by atoms with Crippen molar-refractivity contribution in [1.29, 1.82) is 0 Å². The smallest absolute Gasteiger partial charge is 0.283 e. The van der Waals surface area contributed by atoms with Crippen LogP contribution in [0.15, 0.2) is 24.3 Å². The molecular weight excluding hydrogens is 182 g/mol. The zero-order valence-electron chi connectivity index (χ0n) is 7.82. The van der Waals surface area contributed by atoms with E-state index in [2.05, 4.69) is 5.32 Å². The molecule has 0 bridgehead atoms. The van der Waals surface area contributed by atoms with E-state index in [4.69, 9.17) is 9.47 Å². The molecule has 74 valence electrons. The molecule has 1 unspecified atom stereocenters. The number of benzene rings is 1. The first-order chi connectivity index (χ1) is 6.81. The van der Waals surface area contributed by atoms with Gasteiger partial charge in [-0.2, -0.15) is 0 Å². The number of hydrogen-bond donors (Lipinski definition) is 1. The molecule has 1 heterocycles. The van der Waals surface area contributed by atoms with Gasteiger partial charge in [-0.3, -0.25) is 10.1 Å². The standard InChI is InChI=1S/C10H11NO3/c1-2-13-10-11-9(12)7-5-3-4-6-8(7)14-10/h3-6,10H,2H2,1H3,(H,11,12). The molecule has 0 aromatic heterocycles. The molecule has 1 aromatic carbocycles. The van der Waals surface area contributed by atoms with Crippen molar-refractivity contribution in [2.45, 2.75) is 13.3 Å². The van der Waals surface area contributed by atoms with Crippen LogP contribution in [-0.4, -0.2) is 18.9 Å². The Hall–Kier alpha value is -1.55. The third-order valence-corrected chi connectivity index (χ3v) is 1.93. The van der Waals surface area contributed by atoms with E-state index < -0.39 is 6.41 Å². The number of carbonyl (C=O) groups is 1. The maximum absolute atomic E-state index is 11.5. The predicted octanol–water partition coefficient (Wildman–Crippen LogP) is 1.13. The molecule has 1 aromatic rings. The summed E-state index contributed by atoms with van der Waals surface area (Å²) in [5.74, 6) is 0.403. The molecule has 0 radical (unpaired) electrons. The highest BCUT2D eigenvalue weighted by Gasteiger charge is 2.24. The number of hydrogen-bond acceptors (Lipinski definition) is 3. The summed E-state index contributed by atoms with van der Waals surface area (Å²) in [6, 6.07) is 7.08. The van der Waals surface area contributed by atoms with Gasteiger partial charge < -0.3 is 9.47 Å². The zero-order chi connectivity index (χ0) is 9.97. The van der Waals surface area contributed by atoms with Gasteiger partial charge in [-0.15, -0.1) is 0 Å². The quantitative estimate of drug-likeness (QED) is 0.765. The molecular formula is C10H11NO3. The normalized spacial score (nSPS) is 19.5. The van der Waals surface area contributed by atoms with Gasteiger partial charge in [0.1, 0.15) is 5.75 Å². The van der Waals surface area contributed by atoms with Gasteiger partial charge in [0.05, 0.1) is 5.56 Å². The van der Waals surface area contributed by atoms with Crippen molar-refractivity contribution >= 4 is 5.91 Å². The van der Waals surface area contributed by atoms with Crippen LogP contribution in [0.3, 0.4) is 0 Å². The minimum Gasteiger partial charge on any atom is -0.446 e. The molecule has 1 atom stereocenters. The van der Waals surface area contributed by atoms with E-state index in [1.54, 1.807) is 18.2 Å². The molecule has 1 N–H and O–H groups in total. The Morgan fingerprint density at radius 1 is 1.50 bits per heavy atom. The van der Waals surface area contributed by atoms with Crippen LogP contribution in [0, 0.1) is 0 Å². The molecule has 1 amide bonds. The Bertz CT molecular complexity index is 351. The minimum absolute atomic E-state index is 0.162. The maximum atomic E-state index is 11.5. The SMILES string of the molecule is CCOC1NC(=O)c2ccccc2O1. The molecule has 0 saturated heterocycles. The summed E-state index contributed by atoms with van der Waals surface area (Å²) in [6.45, 7) is 2.34. The van der Waals surface area contributed by atoms with Crippen molar-refractivity contribution in [3.63, 3.8) is 0 Å². The molecule has 2 rings (SSSR count). The Morgan fingerprint density at radius 3 is 3.07 bits per heavy atom. The van der Waals surface area contributed by atoms with Gasteiger partial charge in [-0.25, -0.2) is 0 Å². The molecule has 1 aliphatic heterocycles. The maximum Gasteiger partial charge on any atom is 0.283 e. The summed E-state index contributed by atoms with van der Waals surface area (Å²) in [5.41, 5.74) is 0.545. The molecule has 4 heteroatoms. The summed E-state index contributed by atoms with van der Waals surface area (Å²) >= 11 is 0. The minimum atomic E-state index is -0.664. The van der Waals surface area contributed by atoms with E-state index in [9.17, 15) is 4.79 Å². The highest BCUT2D eigenvalue weighted by Crippen LogP contribution is 2.22. The van der Waals surface area contributed by atoms with E-state index in [-0.39, 0.29) is 5.91 Å². The Balaban J connectivity index is 2.24. The third-order valence-electron chi connectivity index (χ3n) is 1.93. The van der Waals surface area contributed by atoms with Crippen LogP contribution >= 0.6 is 0 Å². The number of ether oxygens (including phenoxy) is 2. The van der Waals surface area contributed by atoms with Crippen molar-refractivity contribution in [2.75, 3.05) is 6.61 Å². The van der Waals surface area contributed by atoms with Gasteiger partial charge >= 0.3 is 0 Å². The van der Waals surface area contributed by atoms with Crippen LogP contribution < -0.4 is 10.1 Å². The zero-order valence-corrected chi connectivity index (χ0v) is 7.82. The lowest BCUT2D eigenvalue weighted by Gasteiger charge is -2.25. The van der Waals surface area contributed by atoms with E-state index in [0.717, 1.165) is 0 Å². The van der Waals surface area contributed by atoms with Crippen LogP contribution in [0.2, 0.25) is 0 Å². The summed E-state index contributed by atoms with van der Waals surface area (Å²) in [6.07, 6.45) is -0.664. The summed E-state index contributed by atoms with van der Waals surface area (Å²) < 4.78 is 10.5. The van der Waals surface area contributed by atoms with Gasteiger partial charge in [0.25, 0.3) is 12.3 Å². The van der Waals surface area contributed by atoms with Crippen molar-refractivity contribution in [3.8, 4) is 5.75 Å². The van der Waals surface area contributed by atoms with E-state index in [0.29, 0.717) is 17.9 Å². The molecule has 0 spiro atoms. The molecule has 0 aliphatic carbocycles. The first kappa shape index (κ1) is 9.02. The second-order valence-corrected chi connectivity index (χ2v) is 2.87. The molecule has 0 saturated carbocycles. The highest BCUT2D eigenvalue weighted by molar-refractivity contribution is 5.97. The first-order valence-electron chi connectivity index (χ1n) is 4.49. The Morgan fingerprint density at radius 2 is 2.29 bits per heavy atom. The number of para-hydroxylation sites is 1. The van der Waals surface area contributed by atoms with E-state index in [1.165, 1.54) is 0 Å². The van der Waals surface area contributed by atoms with Gasteiger partial charge in [0, 0.05) is 6.61 Å². The largest absolute Gasteiger partial charge is 0.446 e. The highest BCUT2D eigenvalue weighted by atomic mass is 16.7. The average molecular weight is 193 g/mol. The fourth-order valence-electron chi connectivity index (χ4n) is 1.31. The summed E-state index contributed by atoms with van der Waals surface area (Å²) in [7, 11) is 0. The lowest BCUT2D eigenvalue weighted by Crippen LogP contribution is -2.45. The molecule has 4 nitrogen and oxygen atoms in total. The average Bonchev–Trinajstić information content (AvgIpc) is 2.18. The third kappa shape index (κ3) is 1.56. The summed E-state index contributed by atoms with van der Waals surface area (Å²) in [5, 5.41) is 2.59. The first-order valence-corrected chi connectivity index (χ1v) is 4.49. The fraction of sp³-hybridized carbons (Fsp3) is 0.300. The monoisotopic (exact) mass is 193 g/mol. The van der Waals surface area contributed by atoms with Crippen LogP contribution in [-0.2, 0) is 4.74 Å². The van der Waals surface area contributed by atoms with Crippen molar-refractivity contribution < 1.29 is 14.3 Å². The number of nitrogens with one attached hydrogen (secondary N) is 1. The Kier molecular flexibility index (Phi) is 2.37. The van der Waals surface area contributed by atoms with Crippen molar-refractivity contribution in [2.24, 2.45) is 0 Å². The van der Waals surface area contributed by atoms with Crippen LogP contribution in [0.4, 0.5) is 0 Å². The molecule has 1 aliphatic rings. The second-order valence-electron chi connectivity index (χ2n) is 2.87. The summed E-state index contributed by atoms with van der Waals surface area (Å²) in [4.78, 5) is 11.5.